The largest absolute Gasteiger partial charge is 0.356 e. The summed E-state index contributed by atoms with van der Waals surface area (Å²) in [7, 11) is 0. The molecule has 0 aliphatic carbocycles. The summed E-state index contributed by atoms with van der Waals surface area (Å²) in [6.45, 7) is 2.12. The first-order valence-corrected chi connectivity index (χ1v) is 5.22. The molecule has 0 bridgehead atoms. The Morgan fingerprint density at radius 1 is 1.29 bits per heavy atom. The fraction of sp³-hybridized carbons (Fsp3) is 0.364. The molecule has 2 rings (SSSR count). The van der Waals surface area contributed by atoms with Crippen LogP contribution in [0.2, 0.25) is 0 Å². The van der Waals surface area contributed by atoms with E-state index in [-0.39, 0.29) is 24.0 Å². The smallest absolute Gasteiger partial charge is 0.191 e. The van der Waals surface area contributed by atoms with Crippen LogP contribution in [-0.4, -0.2) is 19.0 Å². The predicted molar refractivity (Wildman–Crippen MR) is 73.5 cm³/mol. The molecule has 1 heterocycles. The minimum Gasteiger partial charge on any atom is -0.356 e. The molecule has 2 N–H and O–H groups in total. The van der Waals surface area contributed by atoms with Gasteiger partial charge in [-0.3, -0.25) is 4.99 Å². The lowest BCUT2D eigenvalue weighted by Gasteiger charge is -2.15. The second-order valence-electron chi connectivity index (χ2n) is 3.61. The fourth-order valence-electron chi connectivity index (χ4n) is 1.49. The SMILES string of the molecule is Fc1ccc(CNC2=NCCCN2)cc1F.I. The van der Waals surface area contributed by atoms with Crippen LogP contribution in [0.15, 0.2) is 23.2 Å². The first-order valence-electron chi connectivity index (χ1n) is 5.22. The molecule has 0 spiro atoms. The monoisotopic (exact) mass is 353 g/mol. The molecule has 1 aromatic carbocycles. The molecule has 0 saturated heterocycles. The van der Waals surface area contributed by atoms with Gasteiger partial charge in [-0.25, -0.2) is 8.78 Å². The van der Waals surface area contributed by atoms with Crippen molar-refractivity contribution >= 4 is 29.9 Å². The Kier molecular flexibility index (Phi) is 5.60. The van der Waals surface area contributed by atoms with Crippen LogP contribution in [0.5, 0.6) is 0 Å². The highest BCUT2D eigenvalue weighted by atomic mass is 127. The van der Waals surface area contributed by atoms with Gasteiger partial charge in [0, 0.05) is 19.6 Å². The van der Waals surface area contributed by atoms with Crippen LogP contribution >= 0.6 is 24.0 Å². The summed E-state index contributed by atoms with van der Waals surface area (Å²) in [4.78, 5) is 4.21. The molecule has 1 aliphatic rings. The number of halogens is 3. The van der Waals surface area contributed by atoms with Gasteiger partial charge in [-0.2, -0.15) is 0 Å². The van der Waals surface area contributed by atoms with Crippen LogP contribution in [0.25, 0.3) is 0 Å². The van der Waals surface area contributed by atoms with E-state index in [9.17, 15) is 8.78 Å². The normalized spacial score (nSPS) is 14.4. The number of hydrogen-bond donors (Lipinski definition) is 2. The first kappa shape index (κ1) is 14.1. The Morgan fingerprint density at radius 2 is 2.12 bits per heavy atom. The minimum atomic E-state index is -0.822. The molecule has 0 aromatic heterocycles. The Morgan fingerprint density at radius 3 is 2.76 bits per heavy atom. The molecule has 94 valence electrons. The van der Waals surface area contributed by atoms with Crippen LogP contribution in [0, 0.1) is 11.6 Å². The Labute approximate surface area is 116 Å². The lowest BCUT2D eigenvalue weighted by molar-refractivity contribution is 0.506. The van der Waals surface area contributed by atoms with Crippen LogP contribution in [0.1, 0.15) is 12.0 Å². The molecule has 6 heteroatoms. The van der Waals surface area contributed by atoms with Gasteiger partial charge < -0.3 is 10.6 Å². The van der Waals surface area contributed by atoms with E-state index in [1.165, 1.54) is 6.07 Å². The number of hydrogen-bond acceptors (Lipinski definition) is 3. The zero-order valence-corrected chi connectivity index (χ0v) is 11.5. The number of guanidine groups is 1. The second kappa shape index (κ2) is 6.73. The molecule has 0 unspecified atom stereocenters. The predicted octanol–water partition coefficient (Wildman–Crippen LogP) is 2.02. The van der Waals surface area contributed by atoms with Gasteiger partial charge in [0.05, 0.1) is 0 Å². The van der Waals surface area contributed by atoms with Crippen molar-refractivity contribution in [2.75, 3.05) is 13.1 Å². The third kappa shape index (κ3) is 4.10. The second-order valence-corrected chi connectivity index (χ2v) is 3.61. The number of nitrogens with one attached hydrogen (secondary N) is 2. The molecule has 0 atom stereocenters. The summed E-state index contributed by atoms with van der Waals surface area (Å²) >= 11 is 0. The van der Waals surface area contributed by atoms with Gasteiger partial charge in [0.15, 0.2) is 17.6 Å². The molecule has 0 saturated carbocycles. The van der Waals surface area contributed by atoms with Crippen molar-refractivity contribution < 1.29 is 8.78 Å². The van der Waals surface area contributed by atoms with Crippen molar-refractivity contribution in [1.82, 2.24) is 10.6 Å². The number of benzene rings is 1. The summed E-state index contributed by atoms with van der Waals surface area (Å²) in [5.74, 6) is -0.925. The van der Waals surface area contributed by atoms with Gasteiger partial charge >= 0.3 is 0 Å². The summed E-state index contributed by atoms with van der Waals surface area (Å²) in [6, 6.07) is 3.86. The van der Waals surface area contributed by atoms with E-state index in [0.29, 0.717) is 12.1 Å². The van der Waals surface area contributed by atoms with E-state index in [1.54, 1.807) is 6.07 Å². The van der Waals surface area contributed by atoms with Crippen molar-refractivity contribution in [1.29, 1.82) is 0 Å². The van der Waals surface area contributed by atoms with E-state index in [4.69, 9.17) is 0 Å². The average Bonchev–Trinajstić information content (AvgIpc) is 2.32. The van der Waals surface area contributed by atoms with Crippen LogP contribution in [0.4, 0.5) is 8.78 Å². The van der Waals surface area contributed by atoms with E-state index >= 15 is 0 Å². The van der Waals surface area contributed by atoms with Gasteiger partial charge in [0.1, 0.15) is 0 Å². The van der Waals surface area contributed by atoms with Crippen molar-refractivity contribution in [3.05, 3.63) is 35.4 Å². The number of aliphatic imine (C=N–C) groups is 1. The lowest BCUT2D eigenvalue weighted by Crippen LogP contribution is -2.40. The first-order chi connectivity index (χ1) is 7.75. The highest BCUT2D eigenvalue weighted by molar-refractivity contribution is 14.0. The van der Waals surface area contributed by atoms with Crippen LogP contribution < -0.4 is 10.6 Å². The number of rotatable bonds is 2. The van der Waals surface area contributed by atoms with Gasteiger partial charge in [0.2, 0.25) is 0 Å². The Bertz CT molecular complexity index is 410. The molecule has 1 aromatic rings. The Balaban J connectivity index is 0.00000144. The average molecular weight is 353 g/mol. The number of nitrogens with zero attached hydrogens (tertiary/aromatic N) is 1. The third-order valence-corrected chi connectivity index (χ3v) is 2.34. The molecule has 3 nitrogen and oxygen atoms in total. The maximum Gasteiger partial charge on any atom is 0.191 e. The molecule has 0 fully saturated rings. The zero-order chi connectivity index (χ0) is 11.4. The standard InChI is InChI=1S/C11H13F2N3.HI/c12-9-3-2-8(6-10(9)13)7-16-11-14-4-1-5-15-11;/h2-3,6H,1,4-5,7H2,(H2,14,15,16);1H. The molecule has 0 amide bonds. The highest BCUT2D eigenvalue weighted by Crippen LogP contribution is 2.08. The van der Waals surface area contributed by atoms with Gasteiger partial charge in [-0.15, -0.1) is 24.0 Å². The Hall–Kier alpha value is -0.920. The molecule has 0 radical (unpaired) electrons. The maximum absolute atomic E-state index is 12.9. The quantitative estimate of drug-likeness (QED) is 0.799. The topological polar surface area (TPSA) is 36.4 Å². The maximum atomic E-state index is 12.9. The van der Waals surface area contributed by atoms with Gasteiger partial charge in [0.25, 0.3) is 0 Å². The highest BCUT2D eigenvalue weighted by Gasteiger charge is 2.05. The van der Waals surface area contributed by atoms with Crippen molar-refractivity contribution in [3.63, 3.8) is 0 Å². The summed E-state index contributed by atoms with van der Waals surface area (Å²) in [6.07, 6.45) is 1.02. The van der Waals surface area contributed by atoms with E-state index in [0.717, 1.165) is 31.5 Å². The van der Waals surface area contributed by atoms with Gasteiger partial charge in [-0.05, 0) is 24.1 Å². The third-order valence-electron chi connectivity index (χ3n) is 2.34. The van der Waals surface area contributed by atoms with Crippen LogP contribution in [-0.2, 0) is 6.54 Å². The lowest BCUT2D eigenvalue weighted by atomic mass is 10.2. The summed E-state index contributed by atoms with van der Waals surface area (Å²) in [5.41, 5.74) is 0.689. The summed E-state index contributed by atoms with van der Waals surface area (Å²) < 4.78 is 25.6. The van der Waals surface area contributed by atoms with Crippen molar-refractivity contribution in [2.45, 2.75) is 13.0 Å². The molecule has 17 heavy (non-hydrogen) atoms. The molecule has 1 aliphatic heterocycles. The van der Waals surface area contributed by atoms with E-state index < -0.39 is 11.6 Å². The molecular weight excluding hydrogens is 339 g/mol. The van der Waals surface area contributed by atoms with Crippen molar-refractivity contribution in [2.24, 2.45) is 4.99 Å². The van der Waals surface area contributed by atoms with E-state index in [2.05, 4.69) is 15.6 Å². The zero-order valence-electron chi connectivity index (χ0n) is 9.17. The van der Waals surface area contributed by atoms with Gasteiger partial charge in [-0.1, -0.05) is 6.07 Å². The minimum absolute atomic E-state index is 0. The summed E-state index contributed by atoms with van der Waals surface area (Å²) in [5, 5.41) is 6.12. The fourth-order valence-corrected chi connectivity index (χ4v) is 1.49. The van der Waals surface area contributed by atoms with Crippen LogP contribution in [0.3, 0.4) is 0 Å². The molecular formula is C11H14F2IN3. The van der Waals surface area contributed by atoms with Crippen molar-refractivity contribution in [3.8, 4) is 0 Å². The van der Waals surface area contributed by atoms with E-state index in [1.807, 2.05) is 0 Å².